The number of benzene rings is 1. The second-order valence-corrected chi connectivity index (χ2v) is 5.76. The average Bonchev–Trinajstić information content (AvgIpc) is 2.41. The number of amides is 1. The van der Waals surface area contributed by atoms with Gasteiger partial charge in [0.15, 0.2) is 0 Å². The molecule has 3 heteroatoms. The third-order valence-electron chi connectivity index (χ3n) is 4.08. The molecule has 2 atom stereocenters. The molecule has 1 aliphatic heterocycles. The van der Waals surface area contributed by atoms with Crippen molar-refractivity contribution in [3.8, 4) is 0 Å². The van der Waals surface area contributed by atoms with Gasteiger partial charge in [0.25, 0.3) is 5.91 Å². The van der Waals surface area contributed by atoms with E-state index in [9.17, 15) is 4.79 Å². The van der Waals surface area contributed by atoms with Crippen LogP contribution in [0.2, 0.25) is 0 Å². The molecule has 0 saturated carbocycles. The van der Waals surface area contributed by atoms with Crippen LogP contribution >= 0.6 is 0 Å². The number of carbonyl (C=O) groups is 1. The third kappa shape index (κ3) is 3.80. The predicted molar refractivity (Wildman–Crippen MR) is 78.4 cm³/mol. The average molecular weight is 260 g/mol. The summed E-state index contributed by atoms with van der Waals surface area (Å²) in [5.41, 5.74) is 3.16. The van der Waals surface area contributed by atoms with Gasteiger partial charge in [0.2, 0.25) is 0 Å². The molecule has 0 radical (unpaired) electrons. The van der Waals surface area contributed by atoms with E-state index in [0.717, 1.165) is 18.7 Å². The van der Waals surface area contributed by atoms with Crippen molar-refractivity contribution in [3.05, 3.63) is 34.9 Å². The van der Waals surface area contributed by atoms with Crippen molar-refractivity contribution in [3.63, 3.8) is 0 Å². The van der Waals surface area contributed by atoms with Crippen LogP contribution < -0.4 is 10.6 Å². The van der Waals surface area contributed by atoms with Crippen molar-refractivity contribution in [2.24, 2.45) is 5.92 Å². The van der Waals surface area contributed by atoms with Crippen LogP contribution in [-0.2, 0) is 0 Å². The first-order chi connectivity index (χ1) is 9.06. The van der Waals surface area contributed by atoms with Crippen molar-refractivity contribution < 1.29 is 4.79 Å². The van der Waals surface area contributed by atoms with E-state index in [1.165, 1.54) is 24.0 Å². The van der Waals surface area contributed by atoms with E-state index in [4.69, 9.17) is 0 Å². The van der Waals surface area contributed by atoms with Crippen LogP contribution in [0.5, 0.6) is 0 Å². The Morgan fingerprint density at radius 1 is 1.32 bits per heavy atom. The number of rotatable bonds is 3. The Morgan fingerprint density at radius 3 is 2.74 bits per heavy atom. The van der Waals surface area contributed by atoms with E-state index in [1.54, 1.807) is 0 Å². The first-order valence-corrected chi connectivity index (χ1v) is 7.15. The Hall–Kier alpha value is -1.35. The van der Waals surface area contributed by atoms with Gasteiger partial charge in [-0.15, -0.1) is 0 Å². The van der Waals surface area contributed by atoms with E-state index in [0.29, 0.717) is 12.0 Å². The van der Waals surface area contributed by atoms with Crippen molar-refractivity contribution in [2.75, 3.05) is 13.1 Å². The van der Waals surface area contributed by atoms with Gasteiger partial charge in [0.05, 0.1) is 0 Å². The topological polar surface area (TPSA) is 41.1 Å². The molecule has 3 nitrogen and oxygen atoms in total. The highest BCUT2D eigenvalue weighted by molar-refractivity contribution is 5.94. The third-order valence-corrected chi connectivity index (χ3v) is 4.08. The number of aryl methyl sites for hydroxylation is 2. The fourth-order valence-electron chi connectivity index (χ4n) is 2.45. The fraction of sp³-hybridized carbons (Fsp3) is 0.562. The summed E-state index contributed by atoms with van der Waals surface area (Å²) in [5, 5.41) is 6.51. The second-order valence-electron chi connectivity index (χ2n) is 5.76. The highest BCUT2D eigenvalue weighted by Gasteiger charge is 2.18. The Morgan fingerprint density at radius 2 is 2.11 bits per heavy atom. The summed E-state index contributed by atoms with van der Waals surface area (Å²) in [6, 6.07) is 6.49. The summed E-state index contributed by atoms with van der Waals surface area (Å²) in [6.07, 6.45) is 2.39. The number of nitrogens with one attached hydrogen (secondary N) is 2. The maximum atomic E-state index is 12.1. The van der Waals surface area contributed by atoms with E-state index >= 15 is 0 Å². The second kappa shape index (κ2) is 6.20. The Kier molecular flexibility index (Phi) is 4.59. The molecular weight excluding hydrogens is 236 g/mol. The van der Waals surface area contributed by atoms with Crippen LogP contribution in [0, 0.1) is 19.8 Å². The minimum atomic E-state index is 0.0433. The van der Waals surface area contributed by atoms with E-state index in [1.807, 2.05) is 25.1 Å². The van der Waals surface area contributed by atoms with Gasteiger partial charge in [-0.2, -0.15) is 0 Å². The summed E-state index contributed by atoms with van der Waals surface area (Å²) in [6.45, 7) is 8.09. The van der Waals surface area contributed by atoms with Gasteiger partial charge in [-0.3, -0.25) is 4.79 Å². The predicted octanol–water partition coefficient (Wildman–Crippen LogP) is 2.42. The molecule has 0 bridgehead atoms. The van der Waals surface area contributed by atoms with Crippen molar-refractivity contribution in [1.82, 2.24) is 10.6 Å². The molecule has 1 aromatic rings. The van der Waals surface area contributed by atoms with Crippen LogP contribution in [0.1, 0.15) is 41.3 Å². The lowest BCUT2D eigenvalue weighted by atomic mass is 9.95. The van der Waals surface area contributed by atoms with E-state index < -0.39 is 0 Å². The lowest BCUT2D eigenvalue weighted by Crippen LogP contribution is -2.41. The minimum absolute atomic E-state index is 0.0433. The molecule has 1 fully saturated rings. The summed E-state index contributed by atoms with van der Waals surface area (Å²) >= 11 is 0. The zero-order chi connectivity index (χ0) is 13.8. The molecule has 0 spiro atoms. The standard InChI is InChI=1S/C16H24N2O/c1-11-4-7-15(8-12(11)2)16(19)18-10-14-6-5-13(3)17-9-14/h4,7-8,13-14,17H,5-6,9-10H2,1-3H3,(H,18,19). The molecule has 1 saturated heterocycles. The first kappa shape index (κ1) is 14.1. The number of piperidine rings is 1. The SMILES string of the molecule is Cc1ccc(C(=O)NCC2CCC(C)NC2)cc1C. The van der Waals surface area contributed by atoms with Crippen LogP contribution in [0.3, 0.4) is 0 Å². The molecule has 1 aliphatic rings. The van der Waals surface area contributed by atoms with Gasteiger partial charge in [-0.1, -0.05) is 6.07 Å². The quantitative estimate of drug-likeness (QED) is 0.876. The zero-order valence-electron chi connectivity index (χ0n) is 12.1. The van der Waals surface area contributed by atoms with Crippen molar-refractivity contribution in [1.29, 1.82) is 0 Å². The van der Waals surface area contributed by atoms with Crippen LogP contribution in [-0.4, -0.2) is 25.0 Å². The fourth-order valence-corrected chi connectivity index (χ4v) is 2.45. The number of hydrogen-bond donors (Lipinski definition) is 2. The molecule has 1 amide bonds. The monoisotopic (exact) mass is 260 g/mol. The van der Waals surface area contributed by atoms with Gasteiger partial charge in [-0.25, -0.2) is 0 Å². The lowest BCUT2D eigenvalue weighted by Gasteiger charge is -2.27. The Labute approximate surface area is 115 Å². The van der Waals surface area contributed by atoms with Gasteiger partial charge in [0.1, 0.15) is 0 Å². The molecule has 2 unspecified atom stereocenters. The van der Waals surface area contributed by atoms with Crippen LogP contribution in [0.15, 0.2) is 18.2 Å². The molecule has 1 aromatic carbocycles. The Bertz CT molecular complexity index is 448. The van der Waals surface area contributed by atoms with Gasteiger partial charge < -0.3 is 10.6 Å². The smallest absolute Gasteiger partial charge is 0.251 e. The van der Waals surface area contributed by atoms with E-state index in [2.05, 4.69) is 24.5 Å². The highest BCUT2D eigenvalue weighted by Crippen LogP contribution is 2.14. The summed E-state index contributed by atoms with van der Waals surface area (Å²) in [4.78, 5) is 12.1. The first-order valence-electron chi connectivity index (χ1n) is 7.15. The van der Waals surface area contributed by atoms with Crippen molar-refractivity contribution >= 4 is 5.91 Å². The zero-order valence-corrected chi connectivity index (χ0v) is 12.1. The number of carbonyl (C=O) groups excluding carboxylic acids is 1. The normalized spacial score (nSPS) is 23.1. The summed E-state index contributed by atoms with van der Waals surface area (Å²) in [7, 11) is 0. The minimum Gasteiger partial charge on any atom is -0.352 e. The Balaban J connectivity index is 1.85. The molecular formula is C16H24N2O. The molecule has 0 aliphatic carbocycles. The highest BCUT2D eigenvalue weighted by atomic mass is 16.1. The van der Waals surface area contributed by atoms with Crippen molar-refractivity contribution in [2.45, 2.75) is 39.7 Å². The van der Waals surface area contributed by atoms with Gasteiger partial charge in [-0.05, 0) is 69.3 Å². The van der Waals surface area contributed by atoms with Crippen LogP contribution in [0.4, 0.5) is 0 Å². The molecule has 104 valence electrons. The largest absolute Gasteiger partial charge is 0.352 e. The maximum absolute atomic E-state index is 12.1. The maximum Gasteiger partial charge on any atom is 0.251 e. The summed E-state index contributed by atoms with van der Waals surface area (Å²) < 4.78 is 0. The van der Waals surface area contributed by atoms with Gasteiger partial charge >= 0.3 is 0 Å². The molecule has 19 heavy (non-hydrogen) atoms. The summed E-state index contributed by atoms with van der Waals surface area (Å²) in [5.74, 6) is 0.605. The molecule has 2 N–H and O–H groups in total. The lowest BCUT2D eigenvalue weighted by molar-refractivity contribution is 0.0944. The number of hydrogen-bond acceptors (Lipinski definition) is 2. The molecule has 1 heterocycles. The molecule has 2 rings (SSSR count). The van der Waals surface area contributed by atoms with Crippen LogP contribution in [0.25, 0.3) is 0 Å². The van der Waals surface area contributed by atoms with Gasteiger partial charge in [0, 0.05) is 18.2 Å². The van der Waals surface area contributed by atoms with E-state index in [-0.39, 0.29) is 5.91 Å². The molecule has 0 aromatic heterocycles.